The molecular weight excluding hydrogens is 388 g/mol. The molecule has 1 aromatic carbocycles. The summed E-state index contributed by atoms with van der Waals surface area (Å²) < 4.78 is 20.4. The van der Waals surface area contributed by atoms with Gasteiger partial charge >= 0.3 is 0 Å². The van der Waals surface area contributed by atoms with Crippen molar-refractivity contribution in [2.75, 3.05) is 13.1 Å². The number of hydrogen-bond donors (Lipinski definition) is 4. The standard InChI is InChI=1S/C20H28N6O2S/c1-12-7-5-8-16(13(12)2)17-11-18(25-20(21)24-17)22-9-6-10-23-29(27)19-14(3)26-28-15(19)4/h5,7-8,11,17,22-23H,6,9-10H2,1-4H3,(H3,21,24,25). The van der Waals surface area contributed by atoms with Crippen molar-refractivity contribution in [1.29, 1.82) is 0 Å². The molecule has 0 bridgehead atoms. The Kier molecular flexibility index (Phi) is 6.83. The van der Waals surface area contributed by atoms with Gasteiger partial charge in [0.05, 0.1) is 17.4 Å². The molecule has 2 unspecified atom stereocenters. The third-order valence-corrected chi connectivity index (χ3v) is 6.32. The van der Waals surface area contributed by atoms with Crippen LogP contribution in [0.4, 0.5) is 0 Å². The number of nitrogens with one attached hydrogen (secondary N) is 3. The first kappa shape index (κ1) is 21.2. The fraction of sp³-hybridized carbons (Fsp3) is 0.400. The largest absolute Gasteiger partial charge is 0.593 e. The predicted octanol–water partition coefficient (Wildman–Crippen LogP) is 2.00. The van der Waals surface area contributed by atoms with Crippen molar-refractivity contribution < 1.29 is 9.08 Å². The van der Waals surface area contributed by atoms with Crippen molar-refractivity contribution in [2.45, 2.75) is 45.1 Å². The molecule has 1 aromatic heterocycles. The number of nitrogens with zero attached hydrogens (tertiary/aromatic N) is 2. The van der Waals surface area contributed by atoms with Crippen LogP contribution in [0, 0.1) is 27.7 Å². The van der Waals surface area contributed by atoms with Gasteiger partial charge in [-0.1, -0.05) is 23.4 Å². The normalized spacial score (nSPS) is 17.3. The highest BCUT2D eigenvalue weighted by molar-refractivity contribution is 7.89. The Morgan fingerprint density at radius 1 is 1.24 bits per heavy atom. The Hall–Kier alpha value is -2.49. The zero-order valence-electron chi connectivity index (χ0n) is 17.2. The van der Waals surface area contributed by atoms with Crippen LogP contribution in [-0.4, -0.2) is 28.8 Å². The number of aryl methyl sites for hydroxylation is 3. The maximum atomic E-state index is 12.3. The summed E-state index contributed by atoms with van der Waals surface area (Å²) >= 11 is -1.33. The average Bonchev–Trinajstić information content (AvgIpc) is 3.01. The fourth-order valence-electron chi connectivity index (χ4n) is 3.22. The van der Waals surface area contributed by atoms with E-state index in [0.29, 0.717) is 35.4 Å². The van der Waals surface area contributed by atoms with Crippen LogP contribution in [-0.2, 0) is 11.4 Å². The van der Waals surface area contributed by atoms with E-state index in [0.717, 1.165) is 12.2 Å². The number of nitrogens with two attached hydrogens (primary N) is 1. The quantitative estimate of drug-likeness (QED) is 0.383. The lowest BCUT2D eigenvalue weighted by atomic mass is 9.97. The molecule has 0 saturated heterocycles. The molecule has 0 radical (unpaired) electrons. The summed E-state index contributed by atoms with van der Waals surface area (Å²) in [6.07, 6.45) is 2.80. The maximum Gasteiger partial charge on any atom is 0.238 e. The van der Waals surface area contributed by atoms with Gasteiger partial charge in [0.2, 0.25) is 4.90 Å². The van der Waals surface area contributed by atoms with Crippen molar-refractivity contribution in [2.24, 2.45) is 10.7 Å². The fourth-order valence-corrected chi connectivity index (χ4v) is 4.29. The molecule has 5 N–H and O–H groups in total. The molecule has 0 aliphatic carbocycles. The van der Waals surface area contributed by atoms with Crippen LogP contribution in [0.25, 0.3) is 0 Å². The summed E-state index contributed by atoms with van der Waals surface area (Å²) in [5.41, 5.74) is 10.3. The lowest BCUT2D eigenvalue weighted by Crippen LogP contribution is -2.38. The SMILES string of the molecule is Cc1cccc(C2C=C(NCCCN[S+]([O-])c3c(C)noc3C)N=C(N)N2)c1C. The van der Waals surface area contributed by atoms with Crippen LogP contribution in [0.2, 0.25) is 0 Å². The van der Waals surface area contributed by atoms with Gasteiger partial charge in [-0.25, -0.2) is 0 Å². The van der Waals surface area contributed by atoms with Crippen LogP contribution >= 0.6 is 0 Å². The Balaban J connectivity index is 1.52. The highest BCUT2D eigenvalue weighted by atomic mass is 32.2. The van der Waals surface area contributed by atoms with Crippen molar-refractivity contribution in [3.8, 4) is 0 Å². The molecule has 2 heterocycles. The molecule has 0 spiro atoms. The van der Waals surface area contributed by atoms with E-state index in [1.807, 2.05) is 12.1 Å². The van der Waals surface area contributed by atoms with Gasteiger partial charge in [-0.2, -0.15) is 4.99 Å². The van der Waals surface area contributed by atoms with Gasteiger partial charge < -0.3 is 25.4 Å². The maximum absolute atomic E-state index is 12.3. The number of hydrogen-bond acceptors (Lipinski definition) is 8. The molecule has 9 heteroatoms. The van der Waals surface area contributed by atoms with Crippen LogP contribution in [0.1, 0.15) is 40.6 Å². The smallest absolute Gasteiger partial charge is 0.238 e. The Bertz CT molecular complexity index is 904. The molecule has 0 fully saturated rings. The molecule has 1 aliphatic heterocycles. The van der Waals surface area contributed by atoms with Crippen LogP contribution in [0.15, 0.2) is 44.5 Å². The predicted molar refractivity (Wildman–Crippen MR) is 115 cm³/mol. The van der Waals surface area contributed by atoms with E-state index >= 15 is 0 Å². The Morgan fingerprint density at radius 2 is 2.03 bits per heavy atom. The first-order chi connectivity index (χ1) is 13.9. The molecular formula is C20H28N6O2S. The van der Waals surface area contributed by atoms with Crippen molar-refractivity contribution in [3.05, 3.63) is 58.2 Å². The average molecular weight is 417 g/mol. The zero-order chi connectivity index (χ0) is 21.0. The number of benzene rings is 1. The molecule has 0 amide bonds. The highest BCUT2D eigenvalue weighted by Gasteiger charge is 2.22. The molecule has 1 aliphatic rings. The minimum Gasteiger partial charge on any atom is -0.593 e. The van der Waals surface area contributed by atoms with Gasteiger partial charge in [0.1, 0.15) is 11.5 Å². The second-order valence-electron chi connectivity index (χ2n) is 7.06. The van der Waals surface area contributed by atoms with E-state index in [-0.39, 0.29) is 6.04 Å². The summed E-state index contributed by atoms with van der Waals surface area (Å²) in [6, 6.07) is 6.22. The molecule has 2 aromatic rings. The monoisotopic (exact) mass is 416 g/mol. The summed E-state index contributed by atoms with van der Waals surface area (Å²) in [4.78, 5) is 4.96. The van der Waals surface area contributed by atoms with E-state index in [2.05, 4.69) is 51.5 Å². The zero-order valence-corrected chi connectivity index (χ0v) is 18.0. The van der Waals surface area contributed by atoms with E-state index < -0.39 is 11.4 Å². The van der Waals surface area contributed by atoms with Crippen molar-refractivity contribution in [3.63, 3.8) is 0 Å². The van der Waals surface area contributed by atoms with E-state index in [9.17, 15) is 4.55 Å². The van der Waals surface area contributed by atoms with E-state index in [4.69, 9.17) is 10.3 Å². The second-order valence-corrected chi connectivity index (χ2v) is 8.29. The third-order valence-electron chi connectivity index (χ3n) is 4.90. The summed E-state index contributed by atoms with van der Waals surface area (Å²) in [7, 11) is 0. The number of guanidine groups is 1. The van der Waals surface area contributed by atoms with Crippen LogP contribution < -0.4 is 21.1 Å². The summed E-state index contributed by atoms with van der Waals surface area (Å²) in [5.74, 6) is 1.70. The molecule has 29 heavy (non-hydrogen) atoms. The first-order valence-electron chi connectivity index (χ1n) is 9.57. The minimum absolute atomic E-state index is 0.0277. The Labute approximate surface area is 174 Å². The third kappa shape index (κ3) is 5.11. The van der Waals surface area contributed by atoms with E-state index in [1.165, 1.54) is 16.7 Å². The topological polar surface area (TPSA) is 124 Å². The lowest BCUT2D eigenvalue weighted by Gasteiger charge is -2.24. The molecule has 8 nitrogen and oxygen atoms in total. The van der Waals surface area contributed by atoms with Crippen molar-refractivity contribution >= 4 is 17.3 Å². The number of aromatic nitrogens is 1. The Morgan fingerprint density at radius 3 is 2.76 bits per heavy atom. The van der Waals surface area contributed by atoms with Gasteiger partial charge in [0, 0.05) is 20.0 Å². The van der Waals surface area contributed by atoms with Gasteiger partial charge in [0.25, 0.3) is 0 Å². The van der Waals surface area contributed by atoms with Crippen LogP contribution in [0.5, 0.6) is 0 Å². The molecule has 3 rings (SSSR count). The van der Waals surface area contributed by atoms with Gasteiger partial charge in [-0.15, -0.1) is 4.72 Å². The summed E-state index contributed by atoms with van der Waals surface area (Å²) in [5, 5.41) is 10.4. The second kappa shape index (κ2) is 9.34. The van der Waals surface area contributed by atoms with Gasteiger partial charge in [0.15, 0.2) is 11.7 Å². The highest BCUT2D eigenvalue weighted by Crippen LogP contribution is 2.24. The van der Waals surface area contributed by atoms with E-state index in [1.54, 1.807) is 13.8 Å². The molecule has 0 saturated carbocycles. The lowest BCUT2D eigenvalue weighted by molar-refractivity contribution is 0.390. The summed E-state index contributed by atoms with van der Waals surface area (Å²) in [6.45, 7) is 9.00. The number of aliphatic imine (C=N–C) groups is 1. The minimum atomic E-state index is -1.33. The molecule has 2 atom stereocenters. The van der Waals surface area contributed by atoms with Gasteiger partial charge in [-0.3, -0.25) is 0 Å². The first-order valence-corrected chi connectivity index (χ1v) is 10.7. The molecule has 156 valence electrons. The van der Waals surface area contributed by atoms with Crippen LogP contribution in [0.3, 0.4) is 0 Å². The number of rotatable bonds is 8. The van der Waals surface area contributed by atoms with Crippen molar-refractivity contribution in [1.82, 2.24) is 20.5 Å². The van der Waals surface area contributed by atoms with Gasteiger partial charge in [-0.05, 0) is 50.0 Å².